The molecule has 3 aromatic rings. The van der Waals surface area contributed by atoms with E-state index in [-0.39, 0.29) is 11.6 Å². The summed E-state index contributed by atoms with van der Waals surface area (Å²) in [5.74, 6) is 1.03. The van der Waals surface area contributed by atoms with Gasteiger partial charge in [-0.15, -0.1) is 0 Å². The number of furan rings is 1. The lowest BCUT2D eigenvalue weighted by atomic mass is 10.0. The first kappa shape index (κ1) is 12.8. The average molecular weight is 282 g/mol. The van der Waals surface area contributed by atoms with Crippen LogP contribution in [0.25, 0.3) is 22.6 Å². The second-order valence-corrected chi connectivity index (χ2v) is 4.49. The molecule has 8 N–H and O–H groups in total. The highest BCUT2D eigenvalue weighted by atomic mass is 16.3. The maximum Gasteiger partial charge on any atom is 0.152 e. The Balaban J connectivity index is 2.31. The van der Waals surface area contributed by atoms with Crippen LogP contribution in [0.15, 0.2) is 41.1 Å². The summed E-state index contributed by atoms with van der Waals surface area (Å²) in [6.45, 7) is 0. The molecule has 106 valence electrons. The Bertz CT molecular complexity index is 797. The first-order valence-electron chi connectivity index (χ1n) is 6.18. The van der Waals surface area contributed by atoms with Gasteiger partial charge in [0, 0.05) is 17.3 Å². The summed E-state index contributed by atoms with van der Waals surface area (Å²) in [5.41, 5.74) is 26.0. The van der Waals surface area contributed by atoms with Crippen molar-refractivity contribution in [2.45, 2.75) is 0 Å². The van der Waals surface area contributed by atoms with Crippen molar-refractivity contribution in [2.75, 3.05) is 22.9 Å². The van der Waals surface area contributed by atoms with Crippen molar-refractivity contribution in [3.05, 3.63) is 36.7 Å². The number of pyridine rings is 2. The monoisotopic (exact) mass is 282 g/mol. The van der Waals surface area contributed by atoms with Crippen LogP contribution in [0.5, 0.6) is 0 Å². The molecular formula is C14H14N6O. The van der Waals surface area contributed by atoms with Crippen molar-refractivity contribution < 1.29 is 4.42 Å². The third-order valence-electron chi connectivity index (χ3n) is 3.15. The van der Waals surface area contributed by atoms with Gasteiger partial charge in [0.1, 0.15) is 17.3 Å². The number of hydrogen-bond acceptors (Lipinski definition) is 7. The van der Waals surface area contributed by atoms with Crippen molar-refractivity contribution >= 4 is 23.0 Å². The van der Waals surface area contributed by atoms with Gasteiger partial charge in [0.05, 0.1) is 17.6 Å². The summed E-state index contributed by atoms with van der Waals surface area (Å²) >= 11 is 0. The van der Waals surface area contributed by atoms with Gasteiger partial charge in [0.15, 0.2) is 5.76 Å². The van der Waals surface area contributed by atoms with Gasteiger partial charge in [0.25, 0.3) is 0 Å². The van der Waals surface area contributed by atoms with E-state index in [9.17, 15) is 0 Å². The Hall–Kier alpha value is -3.22. The Morgan fingerprint density at radius 1 is 0.952 bits per heavy atom. The molecule has 0 aromatic carbocycles. The van der Waals surface area contributed by atoms with Crippen LogP contribution in [0.3, 0.4) is 0 Å². The lowest BCUT2D eigenvalue weighted by Gasteiger charge is -2.12. The van der Waals surface area contributed by atoms with Crippen molar-refractivity contribution in [1.29, 1.82) is 0 Å². The molecule has 3 rings (SSSR count). The molecule has 0 amide bonds. The maximum atomic E-state index is 6.01. The number of nitrogens with two attached hydrogens (primary N) is 4. The molecule has 0 aliphatic carbocycles. The third kappa shape index (κ3) is 2.10. The summed E-state index contributed by atoms with van der Waals surface area (Å²) in [6.07, 6.45) is 3.12. The first-order valence-corrected chi connectivity index (χ1v) is 6.18. The van der Waals surface area contributed by atoms with Crippen LogP contribution in [-0.4, -0.2) is 9.97 Å². The normalized spacial score (nSPS) is 10.7. The number of nitrogens with zero attached hydrogens (tertiary/aromatic N) is 2. The molecule has 0 unspecified atom stereocenters. The van der Waals surface area contributed by atoms with Gasteiger partial charge in [-0.1, -0.05) is 0 Å². The predicted molar refractivity (Wildman–Crippen MR) is 82.8 cm³/mol. The van der Waals surface area contributed by atoms with Gasteiger partial charge in [-0.05, 0) is 24.3 Å². The Labute approximate surface area is 120 Å². The van der Waals surface area contributed by atoms with Gasteiger partial charge < -0.3 is 27.4 Å². The van der Waals surface area contributed by atoms with E-state index in [1.807, 2.05) is 0 Å². The van der Waals surface area contributed by atoms with Gasteiger partial charge in [-0.25, -0.2) is 9.97 Å². The third-order valence-corrected chi connectivity index (χ3v) is 3.15. The SMILES string of the molecule is Nc1cc(-c2ccnc(N)c2N)c(-c2ccco2)nc1N. The molecule has 7 nitrogen and oxygen atoms in total. The van der Waals surface area contributed by atoms with Crippen LogP contribution < -0.4 is 22.9 Å². The minimum Gasteiger partial charge on any atom is -0.463 e. The summed E-state index contributed by atoms with van der Waals surface area (Å²) < 4.78 is 5.40. The highest BCUT2D eigenvalue weighted by Crippen LogP contribution is 2.37. The molecule has 0 bridgehead atoms. The van der Waals surface area contributed by atoms with Gasteiger partial charge in [-0.2, -0.15) is 0 Å². The summed E-state index contributed by atoms with van der Waals surface area (Å²) in [4.78, 5) is 8.25. The quantitative estimate of drug-likeness (QED) is 0.560. The van der Waals surface area contributed by atoms with Crippen LogP contribution in [0.1, 0.15) is 0 Å². The lowest BCUT2D eigenvalue weighted by Crippen LogP contribution is -2.04. The molecule has 0 saturated heterocycles. The second kappa shape index (κ2) is 4.71. The molecule has 0 aliphatic heterocycles. The maximum absolute atomic E-state index is 6.01. The number of nitrogen functional groups attached to an aromatic ring is 4. The van der Waals surface area contributed by atoms with E-state index in [1.54, 1.807) is 36.7 Å². The van der Waals surface area contributed by atoms with Crippen molar-refractivity contribution in [2.24, 2.45) is 0 Å². The highest BCUT2D eigenvalue weighted by Gasteiger charge is 2.17. The molecular weight excluding hydrogens is 268 g/mol. The fourth-order valence-electron chi connectivity index (χ4n) is 2.07. The second-order valence-electron chi connectivity index (χ2n) is 4.49. The van der Waals surface area contributed by atoms with E-state index in [2.05, 4.69) is 9.97 Å². The van der Waals surface area contributed by atoms with E-state index in [4.69, 9.17) is 27.4 Å². The van der Waals surface area contributed by atoms with Crippen LogP contribution in [-0.2, 0) is 0 Å². The van der Waals surface area contributed by atoms with Gasteiger partial charge >= 0.3 is 0 Å². The highest BCUT2D eigenvalue weighted by molar-refractivity contribution is 5.91. The van der Waals surface area contributed by atoms with Crippen LogP contribution >= 0.6 is 0 Å². The van der Waals surface area contributed by atoms with Crippen molar-refractivity contribution in [3.8, 4) is 22.6 Å². The van der Waals surface area contributed by atoms with Crippen LogP contribution in [0, 0.1) is 0 Å². The molecule has 0 aliphatic rings. The zero-order valence-corrected chi connectivity index (χ0v) is 11.1. The van der Waals surface area contributed by atoms with Gasteiger partial charge in [0.2, 0.25) is 0 Å². The minimum atomic E-state index is 0.228. The van der Waals surface area contributed by atoms with E-state index >= 15 is 0 Å². The van der Waals surface area contributed by atoms with Crippen molar-refractivity contribution in [1.82, 2.24) is 9.97 Å². The molecule has 7 heteroatoms. The molecule has 3 heterocycles. The van der Waals surface area contributed by atoms with Crippen LogP contribution in [0.2, 0.25) is 0 Å². The molecule has 0 atom stereocenters. The number of anilines is 4. The molecule has 0 radical (unpaired) electrons. The summed E-state index contributed by atoms with van der Waals surface area (Å²) in [5, 5.41) is 0. The summed E-state index contributed by atoms with van der Waals surface area (Å²) in [7, 11) is 0. The Kier molecular flexibility index (Phi) is 2.87. The fraction of sp³-hybridized carbons (Fsp3) is 0. The minimum absolute atomic E-state index is 0.228. The van der Waals surface area contributed by atoms with E-state index in [1.165, 1.54) is 0 Å². The number of rotatable bonds is 2. The van der Waals surface area contributed by atoms with Crippen LogP contribution in [0.4, 0.5) is 23.0 Å². The van der Waals surface area contributed by atoms with E-state index < -0.39 is 0 Å². The Morgan fingerprint density at radius 2 is 1.76 bits per heavy atom. The molecule has 21 heavy (non-hydrogen) atoms. The van der Waals surface area contributed by atoms with E-state index in [0.717, 1.165) is 0 Å². The summed E-state index contributed by atoms with van der Waals surface area (Å²) in [6, 6.07) is 6.98. The van der Waals surface area contributed by atoms with Gasteiger partial charge in [-0.3, -0.25) is 0 Å². The molecule has 0 fully saturated rings. The largest absolute Gasteiger partial charge is 0.463 e. The zero-order chi connectivity index (χ0) is 15.0. The van der Waals surface area contributed by atoms with E-state index in [0.29, 0.717) is 34.0 Å². The lowest BCUT2D eigenvalue weighted by molar-refractivity contribution is 0.580. The zero-order valence-electron chi connectivity index (χ0n) is 11.1. The predicted octanol–water partition coefficient (Wildman–Crippen LogP) is 1.73. The molecule has 3 aromatic heterocycles. The number of hydrogen-bond donors (Lipinski definition) is 4. The molecule has 0 spiro atoms. The fourth-order valence-corrected chi connectivity index (χ4v) is 2.07. The number of aromatic nitrogens is 2. The van der Waals surface area contributed by atoms with Crippen molar-refractivity contribution in [3.63, 3.8) is 0 Å². The average Bonchev–Trinajstić information content (AvgIpc) is 2.98. The molecule has 0 saturated carbocycles. The first-order chi connectivity index (χ1) is 10.1. The topological polar surface area (TPSA) is 143 Å². The standard InChI is InChI=1S/C14H14N6O/c15-9-6-8(7-3-4-19-14(18)11(7)16)12(20-13(9)17)10-2-1-5-21-10/h1-6H,15-16H2,(H2,17,20)(H2,18,19). The Morgan fingerprint density at radius 3 is 2.48 bits per heavy atom. The smallest absolute Gasteiger partial charge is 0.152 e.